The Morgan fingerprint density at radius 3 is 2.48 bits per heavy atom. The van der Waals surface area contributed by atoms with Gasteiger partial charge in [-0.15, -0.1) is 12.4 Å². The Morgan fingerprint density at radius 2 is 1.85 bits per heavy atom. The SMILES string of the molecule is CCOc1ccc(S(=O)(=O)NCCC(=O)NCCN2CCNCC2)cc1.Cl. The Kier molecular flexibility index (Phi) is 10.6. The van der Waals surface area contributed by atoms with Crippen LogP contribution in [-0.4, -0.2) is 71.6 Å². The van der Waals surface area contributed by atoms with Crippen molar-refractivity contribution in [2.45, 2.75) is 18.2 Å². The second-order valence-corrected chi connectivity index (χ2v) is 7.76. The first kappa shape index (κ1) is 23.6. The van der Waals surface area contributed by atoms with Crippen molar-refractivity contribution in [3.05, 3.63) is 24.3 Å². The molecule has 154 valence electrons. The third kappa shape index (κ3) is 8.44. The van der Waals surface area contributed by atoms with Crippen molar-refractivity contribution >= 4 is 28.3 Å². The van der Waals surface area contributed by atoms with Gasteiger partial charge < -0.3 is 15.4 Å². The van der Waals surface area contributed by atoms with Crippen LogP contribution in [0.5, 0.6) is 5.75 Å². The number of hydrogen-bond acceptors (Lipinski definition) is 6. The number of rotatable bonds is 10. The topological polar surface area (TPSA) is 99.8 Å². The van der Waals surface area contributed by atoms with Crippen molar-refractivity contribution in [3.8, 4) is 5.75 Å². The van der Waals surface area contributed by atoms with E-state index in [4.69, 9.17) is 4.74 Å². The van der Waals surface area contributed by atoms with E-state index in [9.17, 15) is 13.2 Å². The van der Waals surface area contributed by atoms with Crippen LogP contribution in [0.3, 0.4) is 0 Å². The molecule has 0 aromatic heterocycles. The summed E-state index contributed by atoms with van der Waals surface area (Å²) in [5, 5.41) is 6.10. The lowest BCUT2D eigenvalue weighted by atomic mass is 10.3. The number of hydrogen-bond donors (Lipinski definition) is 3. The first-order valence-electron chi connectivity index (χ1n) is 8.93. The Morgan fingerprint density at radius 1 is 1.19 bits per heavy atom. The highest BCUT2D eigenvalue weighted by molar-refractivity contribution is 7.89. The van der Waals surface area contributed by atoms with Gasteiger partial charge in [0, 0.05) is 52.2 Å². The molecule has 3 N–H and O–H groups in total. The Bertz CT molecular complexity index is 664. The maximum atomic E-state index is 12.2. The van der Waals surface area contributed by atoms with Crippen LogP contribution >= 0.6 is 12.4 Å². The summed E-state index contributed by atoms with van der Waals surface area (Å²) in [6, 6.07) is 6.20. The van der Waals surface area contributed by atoms with Crippen molar-refractivity contribution in [3.63, 3.8) is 0 Å². The minimum atomic E-state index is -3.63. The quantitative estimate of drug-likeness (QED) is 0.500. The van der Waals surface area contributed by atoms with E-state index in [0.717, 1.165) is 32.7 Å². The molecule has 1 aromatic rings. The van der Waals surface area contributed by atoms with Crippen LogP contribution in [0, 0.1) is 0 Å². The number of benzene rings is 1. The van der Waals surface area contributed by atoms with Crippen LogP contribution < -0.4 is 20.1 Å². The summed E-state index contributed by atoms with van der Waals surface area (Å²) in [7, 11) is -3.63. The summed E-state index contributed by atoms with van der Waals surface area (Å²) in [6.07, 6.45) is 0.109. The average Bonchev–Trinajstić information content (AvgIpc) is 2.63. The van der Waals surface area contributed by atoms with Crippen molar-refractivity contribution in [2.75, 3.05) is 52.4 Å². The summed E-state index contributed by atoms with van der Waals surface area (Å²) in [5.74, 6) is 0.463. The van der Waals surface area contributed by atoms with Gasteiger partial charge in [0.15, 0.2) is 0 Å². The molecule has 1 amide bonds. The van der Waals surface area contributed by atoms with E-state index in [1.165, 1.54) is 12.1 Å². The number of nitrogens with zero attached hydrogens (tertiary/aromatic N) is 1. The summed E-state index contributed by atoms with van der Waals surface area (Å²) < 4.78 is 32.2. The minimum Gasteiger partial charge on any atom is -0.494 e. The largest absolute Gasteiger partial charge is 0.494 e. The highest BCUT2D eigenvalue weighted by atomic mass is 35.5. The highest BCUT2D eigenvalue weighted by Crippen LogP contribution is 2.15. The van der Waals surface area contributed by atoms with Gasteiger partial charge in [0.05, 0.1) is 11.5 Å². The third-order valence-corrected chi connectivity index (χ3v) is 5.53. The monoisotopic (exact) mass is 420 g/mol. The number of carbonyl (C=O) groups is 1. The normalized spacial score (nSPS) is 15.0. The molecule has 0 bridgehead atoms. The van der Waals surface area contributed by atoms with Crippen LogP contribution in [0.25, 0.3) is 0 Å². The predicted molar refractivity (Wildman–Crippen MR) is 107 cm³/mol. The fraction of sp³-hybridized carbons (Fsp3) is 0.588. The number of carbonyl (C=O) groups excluding carboxylic acids is 1. The van der Waals surface area contributed by atoms with E-state index in [1.807, 2.05) is 6.92 Å². The fourth-order valence-electron chi connectivity index (χ4n) is 2.64. The highest BCUT2D eigenvalue weighted by Gasteiger charge is 2.14. The standard InChI is InChI=1S/C17H28N4O4S.ClH/c1-2-25-15-3-5-16(6-4-15)26(23,24)20-8-7-17(22)19-11-14-21-12-9-18-10-13-21;/h3-6,18,20H,2,7-14H2,1H3,(H,19,22);1H. The van der Waals surface area contributed by atoms with E-state index < -0.39 is 10.0 Å². The van der Waals surface area contributed by atoms with Crippen LogP contribution in [0.15, 0.2) is 29.2 Å². The smallest absolute Gasteiger partial charge is 0.240 e. The van der Waals surface area contributed by atoms with Crippen LogP contribution in [0.2, 0.25) is 0 Å². The van der Waals surface area contributed by atoms with Gasteiger partial charge in [0.25, 0.3) is 0 Å². The molecule has 1 aliphatic heterocycles. The van der Waals surface area contributed by atoms with Crippen molar-refractivity contribution in [2.24, 2.45) is 0 Å². The minimum absolute atomic E-state index is 0. The zero-order valence-electron chi connectivity index (χ0n) is 15.6. The zero-order chi connectivity index (χ0) is 18.8. The molecule has 0 aliphatic carbocycles. The molecule has 0 atom stereocenters. The molecule has 0 spiro atoms. The molecule has 0 unspecified atom stereocenters. The maximum Gasteiger partial charge on any atom is 0.240 e. The Labute approximate surface area is 167 Å². The summed E-state index contributed by atoms with van der Waals surface area (Å²) in [6.45, 7) is 7.75. The van der Waals surface area contributed by atoms with Crippen molar-refractivity contribution < 1.29 is 17.9 Å². The van der Waals surface area contributed by atoms with E-state index in [0.29, 0.717) is 18.9 Å². The summed E-state index contributed by atoms with van der Waals surface area (Å²) >= 11 is 0. The lowest BCUT2D eigenvalue weighted by Crippen LogP contribution is -2.46. The molecule has 0 radical (unpaired) electrons. The predicted octanol–water partition coefficient (Wildman–Crippen LogP) is 0.197. The van der Waals surface area contributed by atoms with Gasteiger partial charge in [-0.2, -0.15) is 0 Å². The maximum absolute atomic E-state index is 12.2. The number of nitrogens with one attached hydrogen (secondary N) is 3. The lowest BCUT2D eigenvalue weighted by Gasteiger charge is -2.27. The Hall–Kier alpha value is -1.39. The van der Waals surface area contributed by atoms with E-state index in [1.54, 1.807) is 12.1 Å². The second kappa shape index (κ2) is 12.1. The van der Waals surface area contributed by atoms with Gasteiger partial charge in [0.2, 0.25) is 15.9 Å². The molecule has 8 nitrogen and oxygen atoms in total. The second-order valence-electron chi connectivity index (χ2n) is 5.99. The summed E-state index contributed by atoms with van der Waals surface area (Å²) in [5.41, 5.74) is 0. The first-order valence-corrected chi connectivity index (χ1v) is 10.4. The number of halogens is 1. The van der Waals surface area contributed by atoms with E-state index in [2.05, 4.69) is 20.3 Å². The molecule has 10 heteroatoms. The molecular formula is C17H29ClN4O4S. The zero-order valence-corrected chi connectivity index (χ0v) is 17.2. The van der Waals surface area contributed by atoms with E-state index in [-0.39, 0.29) is 36.2 Å². The number of ether oxygens (including phenoxy) is 1. The first-order chi connectivity index (χ1) is 12.5. The van der Waals surface area contributed by atoms with Crippen LogP contribution in [0.4, 0.5) is 0 Å². The van der Waals surface area contributed by atoms with Gasteiger partial charge in [0.1, 0.15) is 5.75 Å². The van der Waals surface area contributed by atoms with Crippen LogP contribution in [0.1, 0.15) is 13.3 Å². The third-order valence-electron chi connectivity index (χ3n) is 4.05. The summed E-state index contributed by atoms with van der Waals surface area (Å²) in [4.78, 5) is 14.3. The molecule has 1 saturated heterocycles. The molecule has 0 saturated carbocycles. The van der Waals surface area contributed by atoms with Crippen molar-refractivity contribution in [1.29, 1.82) is 0 Å². The molecule has 1 aromatic carbocycles. The van der Waals surface area contributed by atoms with E-state index >= 15 is 0 Å². The van der Waals surface area contributed by atoms with Gasteiger partial charge in [-0.1, -0.05) is 0 Å². The van der Waals surface area contributed by atoms with Gasteiger partial charge in [-0.05, 0) is 31.2 Å². The molecule has 1 aliphatic rings. The molecular weight excluding hydrogens is 392 g/mol. The van der Waals surface area contributed by atoms with Gasteiger partial charge in [-0.3, -0.25) is 9.69 Å². The fourth-order valence-corrected chi connectivity index (χ4v) is 3.67. The molecule has 1 fully saturated rings. The Balaban J connectivity index is 0.00000364. The van der Waals surface area contributed by atoms with Gasteiger partial charge in [-0.25, -0.2) is 13.1 Å². The molecule has 2 rings (SSSR count). The lowest BCUT2D eigenvalue weighted by molar-refractivity contribution is -0.120. The van der Waals surface area contributed by atoms with Crippen LogP contribution in [-0.2, 0) is 14.8 Å². The molecule has 27 heavy (non-hydrogen) atoms. The molecule has 1 heterocycles. The number of amides is 1. The van der Waals surface area contributed by atoms with Crippen molar-refractivity contribution in [1.82, 2.24) is 20.3 Å². The van der Waals surface area contributed by atoms with Gasteiger partial charge >= 0.3 is 0 Å². The number of sulfonamides is 1. The number of piperazine rings is 1. The average molecular weight is 421 g/mol.